The molecular formula is C51H30N4O2. The first kappa shape index (κ1) is 31.5. The monoisotopic (exact) mass is 730 g/mol. The summed E-state index contributed by atoms with van der Waals surface area (Å²) in [6, 6.07) is 62.7. The van der Waals surface area contributed by atoms with E-state index in [9.17, 15) is 0 Å². The summed E-state index contributed by atoms with van der Waals surface area (Å²) in [5, 5.41) is 6.57. The van der Waals surface area contributed by atoms with E-state index in [1.54, 1.807) is 0 Å². The maximum Gasteiger partial charge on any atom is 0.164 e. The Labute approximate surface area is 325 Å². The van der Waals surface area contributed by atoms with E-state index < -0.39 is 0 Å². The Balaban J connectivity index is 1.03. The fraction of sp³-hybridized carbons (Fsp3) is 0. The standard InChI is InChI=1S/C51H30N4O2/c1-2-13-31(14-3-1)49-52-50(54-51(53-49)41-22-12-26-45-46(41)40-21-6-9-25-44(40)56-45)34-17-10-15-32(29-34)33-16-11-18-35(30-33)55-42-23-7-4-19-36(42)38-27-28-39-37-20-5-8-24-43(37)57-48(39)47(38)55/h1-30H. The number of furan rings is 2. The average molecular weight is 731 g/mol. The summed E-state index contributed by atoms with van der Waals surface area (Å²) in [7, 11) is 0. The number of hydrogen-bond acceptors (Lipinski definition) is 5. The smallest absolute Gasteiger partial charge is 0.164 e. The summed E-state index contributed by atoms with van der Waals surface area (Å²) in [4.78, 5) is 15.3. The van der Waals surface area contributed by atoms with Crippen molar-refractivity contribution in [3.8, 4) is 51.0 Å². The van der Waals surface area contributed by atoms with Crippen molar-refractivity contribution in [2.75, 3.05) is 0 Å². The maximum atomic E-state index is 6.62. The third kappa shape index (κ3) is 4.94. The highest BCUT2D eigenvalue weighted by atomic mass is 16.3. The number of para-hydroxylation sites is 3. The summed E-state index contributed by atoms with van der Waals surface area (Å²) >= 11 is 0. The van der Waals surface area contributed by atoms with Gasteiger partial charge in [-0.1, -0.05) is 133 Å². The molecule has 57 heavy (non-hydrogen) atoms. The first-order chi connectivity index (χ1) is 28.2. The Bertz CT molecular complexity index is 3540. The molecule has 0 unspecified atom stereocenters. The van der Waals surface area contributed by atoms with E-state index in [-0.39, 0.29) is 0 Å². The van der Waals surface area contributed by atoms with Crippen molar-refractivity contribution in [3.05, 3.63) is 182 Å². The zero-order valence-electron chi connectivity index (χ0n) is 30.4. The number of hydrogen-bond donors (Lipinski definition) is 0. The van der Waals surface area contributed by atoms with Crippen molar-refractivity contribution in [3.63, 3.8) is 0 Å². The normalized spacial score (nSPS) is 11.9. The first-order valence-electron chi connectivity index (χ1n) is 19.0. The summed E-state index contributed by atoms with van der Waals surface area (Å²) in [5.74, 6) is 1.79. The Kier molecular flexibility index (Phi) is 6.83. The van der Waals surface area contributed by atoms with Crippen LogP contribution in [-0.4, -0.2) is 19.5 Å². The minimum Gasteiger partial charge on any atom is -0.456 e. The van der Waals surface area contributed by atoms with Gasteiger partial charge < -0.3 is 13.4 Å². The SMILES string of the molecule is c1ccc(-c2nc(-c3cccc(-c4cccc(-n5c6ccccc6c6ccc7c8ccccc8oc7c65)c4)c3)nc(-c3cccc4oc5ccccc5c34)n2)cc1. The quantitative estimate of drug-likeness (QED) is 0.176. The molecule has 12 aromatic rings. The van der Waals surface area contributed by atoms with Gasteiger partial charge in [-0.2, -0.15) is 0 Å². The van der Waals surface area contributed by atoms with Gasteiger partial charge in [-0.15, -0.1) is 0 Å². The van der Waals surface area contributed by atoms with Crippen molar-refractivity contribution in [2.45, 2.75) is 0 Å². The Morgan fingerprint density at radius 1 is 0.368 bits per heavy atom. The third-order valence-corrected chi connectivity index (χ3v) is 11.0. The zero-order valence-corrected chi connectivity index (χ0v) is 30.4. The van der Waals surface area contributed by atoms with Crippen LogP contribution < -0.4 is 0 Å². The lowest BCUT2D eigenvalue weighted by Crippen LogP contribution is -2.00. The van der Waals surface area contributed by atoms with Crippen LogP contribution >= 0.6 is 0 Å². The Morgan fingerprint density at radius 2 is 0.965 bits per heavy atom. The summed E-state index contributed by atoms with van der Waals surface area (Å²) < 4.78 is 15.2. The summed E-state index contributed by atoms with van der Waals surface area (Å²) in [6.07, 6.45) is 0. The van der Waals surface area contributed by atoms with Gasteiger partial charge in [0.05, 0.1) is 11.0 Å². The number of fused-ring (bicyclic) bond motifs is 10. The van der Waals surface area contributed by atoms with E-state index in [0.29, 0.717) is 17.5 Å². The molecule has 0 saturated heterocycles. The van der Waals surface area contributed by atoms with Crippen molar-refractivity contribution in [2.24, 2.45) is 0 Å². The van der Waals surface area contributed by atoms with Crippen molar-refractivity contribution >= 4 is 65.7 Å². The van der Waals surface area contributed by atoms with Gasteiger partial charge in [0.1, 0.15) is 16.7 Å². The predicted molar refractivity (Wildman–Crippen MR) is 230 cm³/mol. The maximum absolute atomic E-state index is 6.62. The largest absolute Gasteiger partial charge is 0.456 e. The highest BCUT2D eigenvalue weighted by Gasteiger charge is 2.20. The molecule has 0 N–H and O–H groups in total. The first-order valence-corrected chi connectivity index (χ1v) is 19.0. The zero-order chi connectivity index (χ0) is 37.5. The van der Waals surface area contributed by atoms with Crippen LogP contribution in [-0.2, 0) is 0 Å². The van der Waals surface area contributed by atoms with Crippen LogP contribution in [0, 0.1) is 0 Å². The van der Waals surface area contributed by atoms with Gasteiger partial charge in [-0.05, 0) is 59.7 Å². The Morgan fingerprint density at radius 3 is 1.82 bits per heavy atom. The minimum atomic E-state index is 0.590. The Hall–Kier alpha value is -7.83. The van der Waals surface area contributed by atoms with E-state index in [0.717, 1.165) is 93.8 Å². The van der Waals surface area contributed by atoms with Crippen LogP contribution in [0.2, 0.25) is 0 Å². The fourth-order valence-corrected chi connectivity index (χ4v) is 8.46. The van der Waals surface area contributed by atoms with Crippen LogP contribution in [0.1, 0.15) is 0 Å². The fourth-order valence-electron chi connectivity index (χ4n) is 8.46. The van der Waals surface area contributed by atoms with Crippen LogP contribution in [0.3, 0.4) is 0 Å². The van der Waals surface area contributed by atoms with Gasteiger partial charge in [0.15, 0.2) is 23.1 Å². The molecule has 0 aliphatic rings. The van der Waals surface area contributed by atoms with E-state index in [1.165, 1.54) is 5.39 Å². The predicted octanol–water partition coefficient (Wildman–Crippen LogP) is 13.4. The molecule has 12 rings (SSSR count). The lowest BCUT2D eigenvalue weighted by molar-refractivity contribution is 0.669. The lowest BCUT2D eigenvalue weighted by Gasteiger charge is -2.12. The van der Waals surface area contributed by atoms with Crippen molar-refractivity contribution in [1.29, 1.82) is 0 Å². The minimum absolute atomic E-state index is 0.590. The van der Waals surface area contributed by atoms with E-state index >= 15 is 0 Å². The molecule has 4 heterocycles. The molecule has 266 valence electrons. The second kappa shape index (κ2) is 12.3. The molecule has 0 radical (unpaired) electrons. The molecule has 6 heteroatoms. The number of aromatic nitrogens is 4. The number of rotatable bonds is 5. The molecule has 0 aliphatic carbocycles. The molecule has 0 spiro atoms. The molecule has 8 aromatic carbocycles. The molecule has 0 atom stereocenters. The number of nitrogens with zero attached hydrogens (tertiary/aromatic N) is 4. The second-order valence-electron chi connectivity index (χ2n) is 14.4. The topological polar surface area (TPSA) is 69.9 Å². The van der Waals surface area contributed by atoms with E-state index in [1.807, 2.05) is 72.8 Å². The van der Waals surface area contributed by atoms with Crippen molar-refractivity contribution in [1.82, 2.24) is 19.5 Å². The van der Waals surface area contributed by atoms with Gasteiger partial charge >= 0.3 is 0 Å². The molecule has 0 amide bonds. The van der Waals surface area contributed by atoms with Gasteiger partial charge in [-0.25, -0.2) is 15.0 Å². The third-order valence-electron chi connectivity index (χ3n) is 11.0. The van der Waals surface area contributed by atoms with Gasteiger partial charge in [0.25, 0.3) is 0 Å². The van der Waals surface area contributed by atoms with Crippen LogP contribution in [0.25, 0.3) is 117 Å². The van der Waals surface area contributed by atoms with Crippen LogP contribution in [0.5, 0.6) is 0 Å². The highest BCUT2D eigenvalue weighted by molar-refractivity contribution is 6.21. The number of benzene rings is 8. The molecule has 0 saturated carbocycles. The highest BCUT2D eigenvalue weighted by Crippen LogP contribution is 2.41. The molecule has 6 nitrogen and oxygen atoms in total. The molecule has 0 bridgehead atoms. The molecular weight excluding hydrogens is 701 g/mol. The second-order valence-corrected chi connectivity index (χ2v) is 14.4. The van der Waals surface area contributed by atoms with Gasteiger partial charge in [0, 0.05) is 54.7 Å². The van der Waals surface area contributed by atoms with Crippen molar-refractivity contribution < 1.29 is 8.83 Å². The lowest BCUT2D eigenvalue weighted by atomic mass is 10.0. The molecule has 4 aromatic heterocycles. The van der Waals surface area contributed by atoms with E-state index in [4.69, 9.17) is 23.8 Å². The van der Waals surface area contributed by atoms with E-state index in [2.05, 4.69) is 114 Å². The molecule has 0 fully saturated rings. The average Bonchev–Trinajstić information content (AvgIpc) is 3.96. The van der Waals surface area contributed by atoms with Gasteiger partial charge in [-0.3, -0.25) is 0 Å². The summed E-state index contributed by atoms with van der Waals surface area (Å²) in [6.45, 7) is 0. The van der Waals surface area contributed by atoms with Gasteiger partial charge in [0.2, 0.25) is 0 Å². The van der Waals surface area contributed by atoms with Crippen LogP contribution in [0.15, 0.2) is 191 Å². The van der Waals surface area contributed by atoms with Crippen LogP contribution in [0.4, 0.5) is 0 Å². The summed E-state index contributed by atoms with van der Waals surface area (Å²) in [5.41, 5.74) is 11.4. The molecule has 0 aliphatic heterocycles.